The number of rotatable bonds is 7. The smallest absolute Gasteiger partial charge is 0.251 e. The summed E-state index contributed by atoms with van der Waals surface area (Å²) in [7, 11) is 0. The Kier molecular flexibility index (Phi) is 7.18. The van der Waals surface area contributed by atoms with E-state index in [1.165, 1.54) is 0 Å². The van der Waals surface area contributed by atoms with E-state index >= 15 is 0 Å². The lowest BCUT2D eigenvalue weighted by Crippen LogP contribution is -2.62. The molecule has 1 atom stereocenters. The molecule has 0 spiro atoms. The Morgan fingerprint density at radius 3 is 2.06 bits per heavy atom. The molecule has 0 saturated carbocycles. The monoisotopic (exact) mass is 472 g/mol. The van der Waals surface area contributed by atoms with Crippen molar-refractivity contribution in [1.82, 2.24) is 10.6 Å². The van der Waals surface area contributed by atoms with Crippen molar-refractivity contribution in [3.8, 4) is 17.2 Å². The molecule has 0 radical (unpaired) electrons. The van der Waals surface area contributed by atoms with Crippen LogP contribution in [0, 0.1) is 0 Å². The second-order valence-electron chi connectivity index (χ2n) is 10.7. The van der Waals surface area contributed by atoms with Crippen LogP contribution in [0.5, 0.6) is 17.2 Å². The van der Waals surface area contributed by atoms with Crippen LogP contribution in [-0.4, -0.2) is 23.0 Å². The van der Waals surface area contributed by atoms with Crippen molar-refractivity contribution >= 4 is 5.91 Å². The minimum absolute atomic E-state index is 0.0230. The molecule has 1 heterocycles. The van der Waals surface area contributed by atoms with Gasteiger partial charge < -0.3 is 20.1 Å². The average molecular weight is 473 g/mol. The number of nitrogens with one attached hydrogen (secondary N) is 2. The van der Waals surface area contributed by atoms with Crippen LogP contribution < -0.4 is 20.1 Å². The van der Waals surface area contributed by atoms with Crippen molar-refractivity contribution < 1.29 is 14.3 Å². The van der Waals surface area contributed by atoms with E-state index in [0.717, 1.165) is 18.4 Å². The molecule has 3 aromatic carbocycles. The van der Waals surface area contributed by atoms with Gasteiger partial charge in [0, 0.05) is 22.7 Å². The molecule has 0 aliphatic carbocycles. The summed E-state index contributed by atoms with van der Waals surface area (Å²) in [5.41, 5.74) is 1.67. The lowest BCUT2D eigenvalue weighted by Gasteiger charge is -2.46. The summed E-state index contributed by atoms with van der Waals surface area (Å²) in [6.45, 7) is 10.7. The number of carbonyl (C=O) groups is 1. The van der Waals surface area contributed by atoms with Gasteiger partial charge in [0.25, 0.3) is 5.91 Å². The van der Waals surface area contributed by atoms with E-state index in [9.17, 15) is 4.79 Å². The van der Waals surface area contributed by atoms with Crippen LogP contribution in [0.1, 0.15) is 69.5 Å². The van der Waals surface area contributed by atoms with Gasteiger partial charge in [-0.05, 0) is 89.4 Å². The van der Waals surface area contributed by atoms with E-state index < -0.39 is 0 Å². The number of para-hydroxylation sites is 2. The highest BCUT2D eigenvalue weighted by Gasteiger charge is 2.38. The fourth-order valence-corrected chi connectivity index (χ4v) is 5.11. The van der Waals surface area contributed by atoms with Crippen molar-refractivity contribution in [2.75, 3.05) is 0 Å². The fourth-order valence-electron chi connectivity index (χ4n) is 5.11. The standard InChI is InChI=1S/C30H36N2O3/c1-21(22-11-7-6-8-12-22)34-26-13-9-10-14-27(26)35-25-17-15-23(16-18-25)28(33)31-24-19-29(2,3)32-30(4,5)20-24/h6-18,21,24,32H,19-20H2,1-5H3,(H,31,33). The van der Waals surface area contributed by atoms with E-state index in [-0.39, 0.29) is 29.1 Å². The first kappa shape index (κ1) is 24.8. The van der Waals surface area contributed by atoms with Crippen LogP contribution in [0.2, 0.25) is 0 Å². The average Bonchev–Trinajstić information content (AvgIpc) is 2.79. The van der Waals surface area contributed by atoms with Crippen molar-refractivity contribution in [2.24, 2.45) is 0 Å². The third-order valence-electron chi connectivity index (χ3n) is 6.29. The minimum atomic E-state index is -0.114. The maximum atomic E-state index is 12.9. The molecule has 184 valence electrons. The third kappa shape index (κ3) is 6.64. The molecule has 3 aromatic rings. The SMILES string of the molecule is CC(Oc1ccccc1Oc1ccc(C(=O)NC2CC(C)(C)NC(C)(C)C2)cc1)c1ccccc1. The second-order valence-corrected chi connectivity index (χ2v) is 10.7. The Bertz CT molecular complexity index is 1120. The normalized spacial score (nSPS) is 17.9. The number of benzene rings is 3. The van der Waals surface area contributed by atoms with Crippen LogP contribution in [0.3, 0.4) is 0 Å². The van der Waals surface area contributed by atoms with Gasteiger partial charge in [0.15, 0.2) is 11.5 Å². The van der Waals surface area contributed by atoms with Crippen LogP contribution >= 0.6 is 0 Å². The number of hydrogen-bond acceptors (Lipinski definition) is 4. The highest BCUT2D eigenvalue weighted by molar-refractivity contribution is 5.94. The number of piperidine rings is 1. The Morgan fingerprint density at radius 2 is 1.43 bits per heavy atom. The van der Waals surface area contributed by atoms with Gasteiger partial charge in [0.1, 0.15) is 11.9 Å². The molecule has 4 rings (SSSR count). The van der Waals surface area contributed by atoms with Gasteiger partial charge in [-0.3, -0.25) is 4.79 Å². The maximum Gasteiger partial charge on any atom is 0.251 e. The van der Waals surface area contributed by atoms with Crippen molar-refractivity contribution in [2.45, 2.75) is 70.7 Å². The Hall–Kier alpha value is -3.31. The minimum Gasteiger partial charge on any atom is -0.482 e. The molecular formula is C30H36N2O3. The predicted octanol–water partition coefficient (Wildman–Crippen LogP) is 6.66. The van der Waals surface area contributed by atoms with Crippen molar-refractivity contribution in [3.63, 3.8) is 0 Å². The van der Waals surface area contributed by atoms with E-state index in [1.54, 1.807) is 12.1 Å². The van der Waals surface area contributed by atoms with Gasteiger partial charge in [-0.25, -0.2) is 0 Å². The molecule has 35 heavy (non-hydrogen) atoms. The summed E-state index contributed by atoms with van der Waals surface area (Å²) in [6.07, 6.45) is 1.67. The van der Waals surface area contributed by atoms with Gasteiger partial charge in [-0.15, -0.1) is 0 Å². The summed E-state index contributed by atoms with van der Waals surface area (Å²) >= 11 is 0. The molecular weight excluding hydrogens is 436 g/mol. The lowest BCUT2D eigenvalue weighted by molar-refractivity contribution is 0.0873. The highest BCUT2D eigenvalue weighted by Crippen LogP contribution is 2.34. The topological polar surface area (TPSA) is 59.6 Å². The first-order valence-corrected chi connectivity index (χ1v) is 12.3. The zero-order valence-electron chi connectivity index (χ0n) is 21.3. The number of carbonyl (C=O) groups excluding carboxylic acids is 1. The van der Waals surface area contributed by atoms with Gasteiger partial charge in [-0.1, -0.05) is 42.5 Å². The molecule has 5 heteroatoms. The van der Waals surface area contributed by atoms with Gasteiger partial charge in [0.05, 0.1) is 0 Å². The zero-order chi connectivity index (χ0) is 25.1. The zero-order valence-corrected chi connectivity index (χ0v) is 21.3. The van der Waals surface area contributed by atoms with Crippen LogP contribution in [0.15, 0.2) is 78.9 Å². The molecule has 1 aliphatic heterocycles. The van der Waals surface area contributed by atoms with Crippen LogP contribution in [0.4, 0.5) is 0 Å². The lowest BCUT2D eigenvalue weighted by atomic mass is 9.79. The molecule has 0 aromatic heterocycles. The number of ether oxygens (including phenoxy) is 2. The number of amides is 1. The molecule has 0 bridgehead atoms. The van der Waals surface area contributed by atoms with E-state index in [0.29, 0.717) is 22.8 Å². The first-order valence-electron chi connectivity index (χ1n) is 12.3. The highest BCUT2D eigenvalue weighted by atomic mass is 16.5. The third-order valence-corrected chi connectivity index (χ3v) is 6.29. The quantitative estimate of drug-likeness (QED) is 0.404. The Balaban J connectivity index is 1.40. The van der Waals surface area contributed by atoms with E-state index in [2.05, 4.69) is 38.3 Å². The predicted molar refractivity (Wildman–Crippen MR) is 140 cm³/mol. The van der Waals surface area contributed by atoms with Crippen molar-refractivity contribution in [3.05, 3.63) is 90.0 Å². The molecule has 1 unspecified atom stereocenters. The summed E-state index contributed by atoms with van der Waals surface area (Å²) in [5, 5.41) is 6.88. The van der Waals surface area contributed by atoms with Gasteiger partial charge >= 0.3 is 0 Å². The van der Waals surface area contributed by atoms with Crippen LogP contribution in [0.25, 0.3) is 0 Å². The molecule has 1 saturated heterocycles. The fraction of sp³-hybridized carbons (Fsp3) is 0.367. The first-order chi connectivity index (χ1) is 16.6. The maximum absolute atomic E-state index is 12.9. The number of hydrogen-bond donors (Lipinski definition) is 2. The Morgan fingerprint density at radius 1 is 0.857 bits per heavy atom. The molecule has 2 N–H and O–H groups in total. The summed E-state index contributed by atoms with van der Waals surface area (Å²) in [5.74, 6) is 1.89. The molecule has 1 aliphatic rings. The largest absolute Gasteiger partial charge is 0.482 e. The van der Waals surface area contributed by atoms with E-state index in [1.807, 2.05) is 73.7 Å². The summed E-state index contributed by atoms with van der Waals surface area (Å²) in [4.78, 5) is 12.9. The Labute approximate surface area is 208 Å². The van der Waals surface area contributed by atoms with Gasteiger partial charge in [-0.2, -0.15) is 0 Å². The van der Waals surface area contributed by atoms with Crippen LogP contribution in [-0.2, 0) is 0 Å². The summed E-state index contributed by atoms with van der Waals surface area (Å²) in [6, 6.07) is 25.1. The van der Waals surface area contributed by atoms with E-state index in [4.69, 9.17) is 9.47 Å². The molecule has 5 nitrogen and oxygen atoms in total. The van der Waals surface area contributed by atoms with Gasteiger partial charge in [0.2, 0.25) is 0 Å². The summed E-state index contributed by atoms with van der Waals surface area (Å²) < 4.78 is 12.3. The second kappa shape index (κ2) is 10.1. The molecule has 1 amide bonds. The molecule has 1 fully saturated rings. The van der Waals surface area contributed by atoms with Crippen molar-refractivity contribution in [1.29, 1.82) is 0 Å².